The first kappa shape index (κ1) is 14.8. The maximum Gasteiger partial charge on any atom is 0.335 e. The summed E-state index contributed by atoms with van der Waals surface area (Å²) < 4.78 is 1.79. The summed E-state index contributed by atoms with van der Waals surface area (Å²) >= 11 is 0. The number of nitrogens with one attached hydrogen (secondary N) is 1. The van der Waals surface area contributed by atoms with Crippen molar-refractivity contribution in [2.45, 2.75) is 25.9 Å². The number of aryl methyl sites for hydroxylation is 1. The van der Waals surface area contributed by atoms with Gasteiger partial charge in [-0.15, -0.1) is 0 Å². The smallest absolute Gasteiger partial charge is 0.335 e. The summed E-state index contributed by atoms with van der Waals surface area (Å²) in [5, 5.41) is 15.7. The van der Waals surface area contributed by atoms with Crippen LogP contribution in [-0.4, -0.2) is 26.8 Å². The van der Waals surface area contributed by atoms with Crippen LogP contribution in [0.3, 0.4) is 0 Å². The summed E-state index contributed by atoms with van der Waals surface area (Å²) in [7, 11) is 0. The quantitative estimate of drug-likeness (QED) is 0.811. The minimum Gasteiger partial charge on any atom is -0.478 e. The molecule has 0 spiro atoms. The summed E-state index contributed by atoms with van der Waals surface area (Å²) in [6.45, 7) is 1.12. The molecular formula is C15H17N3O3. The second-order valence-corrected chi connectivity index (χ2v) is 4.65. The van der Waals surface area contributed by atoms with Gasteiger partial charge in [0.25, 0.3) is 0 Å². The third kappa shape index (κ3) is 4.76. The number of benzene rings is 1. The van der Waals surface area contributed by atoms with Crippen LogP contribution in [0, 0.1) is 0 Å². The monoisotopic (exact) mass is 287 g/mol. The van der Waals surface area contributed by atoms with E-state index in [2.05, 4.69) is 10.4 Å². The highest BCUT2D eigenvalue weighted by molar-refractivity contribution is 5.87. The van der Waals surface area contributed by atoms with Gasteiger partial charge in [0, 0.05) is 31.9 Å². The van der Waals surface area contributed by atoms with Crippen molar-refractivity contribution < 1.29 is 14.7 Å². The fourth-order valence-electron chi connectivity index (χ4n) is 1.89. The molecule has 0 fully saturated rings. The van der Waals surface area contributed by atoms with E-state index in [0.717, 1.165) is 12.0 Å². The zero-order valence-corrected chi connectivity index (χ0v) is 11.5. The molecule has 6 nitrogen and oxygen atoms in total. The molecule has 1 aromatic heterocycles. The van der Waals surface area contributed by atoms with Gasteiger partial charge in [0.1, 0.15) is 0 Å². The molecule has 0 radical (unpaired) electrons. The maximum absolute atomic E-state index is 11.7. The third-order valence-electron chi connectivity index (χ3n) is 3.04. The Bertz CT molecular complexity index is 591. The predicted molar refractivity (Wildman–Crippen MR) is 76.7 cm³/mol. The molecule has 6 heteroatoms. The lowest BCUT2D eigenvalue weighted by molar-refractivity contribution is -0.121. The lowest BCUT2D eigenvalue weighted by Crippen LogP contribution is -2.22. The average Bonchev–Trinajstić information content (AvgIpc) is 2.99. The van der Waals surface area contributed by atoms with Gasteiger partial charge in [-0.05, 0) is 30.2 Å². The molecular weight excluding hydrogens is 270 g/mol. The van der Waals surface area contributed by atoms with Gasteiger partial charge in [0.2, 0.25) is 5.91 Å². The number of hydrogen-bond donors (Lipinski definition) is 2. The molecule has 2 aromatic rings. The van der Waals surface area contributed by atoms with E-state index in [0.29, 0.717) is 19.5 Å². The SMILES string of the molecule is O=C(CCCn1cccn1)NCc1ccc(C(=O)O)cc1. The molecule has 1 heterocycles. The highest BCUT2D eigenvalue weighted by Crippen LogP contribution is 2.04. The molecule has 0 atom stereocenters. The van der Waals surface area contributed by atoms with E-state index in [1.807, 2.05) is 12.3 Å². The third-order valence-corrected chi connectivity index (χ3v) is 3.04. The summed E-state index contributed by atoms with van der Waals surface area (Å²) in [5.74, 6) is -0.978. The van der Waals surface area contributed by atoms with Gasteiger partial charge in [-0.1, -0.05) is 12.1 Å². The van der Waals surface area contributed by atoms with E-state index in [9.17, 15) is 9.59 Å². The van der Waals surface area contributed by atoms with Crippen LogP contribution in [0.1, 0.15) is 28.8 Å². The highest BCUT2D eigenvalue weighted by atomic mass is 16.4. The molecule has 0 aliphatic rings. The standard InChI is InChI=1S/C15H17N3O3/c19-14(3-1-9-18-10-2-8-17-18)16-11-12-4-6-13(7-5-12)15(20)21/h2,4-8,10H,1,3,9,11H2,(H,16,19)(H,20,21). The van der Waals surface area contributed by atoms with Crippen molar-refractivity contribution in [1.82, 2.24) is 15.1 Å². The molecule has 0 unspecified atom stereocenters. The van der Waals surface area contributed by atoms with Crippen molar-refractivity contribution >= 4 is 11.9 Å². The average molecular weight is 287 g/mol. The minimum atomic E-state index is -0.954. The number of hydrogen-bond acceptors (Lipinski definition) is 3. The van der Waals surface area contributed by atoms with E-state index in [-0.39, 0.29) is 11.5 Å². The van der Waals surface area contributed by atoms with Crippen LogP contribution in [0.15, 0.2) is 42.7 Å². The van der Waals surface area contributed by atoms with Crippen molar-refractivity contribution in [3.8, 4) is 0 Å². The number of carbonyl (C=O) groups is 2. The Morgan fingerprint density at radius 2 is 2.00 bits per heavy atom. The largest absolute Gasteiger partial charge is 0.478 e. The predicted octanol–water partition coefficient (Wildman–Crippen LogP) is 1.68. The van der Waals surface area contributed by atoms with Crippen LogP contribution in [0.25, 0.3) is 0 Å². The number of carboxylic acid groups (broad SMARTS) is 1. The van der Waals surface area contributed by atoms with Crippen LogP contribution < -0.4 is 5.32 Å². The van der Waals surface area contributed by atoms with E-state index >= 15 is 0 Å². The number of carboxylic acids is 1. The maximum atomic E-state index is 11.7. The molecule has 0 saturated heterocycles. The molecule has 1 aromatic carbocycles. The molecule has 0 aliphatic carbocycles. The van der Waals surface area contributed by atoms with Crippen molar-refractivity contribution in [2.75, 3.05) is 0 Å². The Balaban J connectivity index is 1.69. The van der Waals surface area contributed by atoms with Gasteiger partial charge in [-0.2, -0.15) is 5.10 Å². The van der Waals surface area contributed by atoms with E-state index in [4.69, 9.17) is 5.11 Å². The lowest BCUT2D eigenvalue weighted by Gasteiger charge is -2.06. The van der Waals surface area contributed by atoms with Crippen molar-refractivity contribution in [3.05, 3.63) is 53.9 Å². The number of rotatable bonds is 7. The number of nitrogens with zero attached hydrogens (tertiary/aromatic N) is 2. The van der Waals surface area contributed by atoms with Crippen molar-refractivity contribution in [1.29, 1.82) is 0 Å². The zero-order valence-electron chi connectivity index (χ0n) is 11.5. The molecule has 0 saturated carbocycles. The first-order valence-corrected chi connectivity index (χ1v) is 6.71. The fourth-order valence-corrected chi connectivity index (χ4v) is 1.89. The number of amides is 1. The molecule has 21 heavy (non-hydrogen) atoms. The van der Waals surface area contributed by atoms with Gasteiger partial charge < -0.3 is 10.4 Å². The molecule has 110 valence electrons. The Morgan fingerprint density at radius 1 is 1.24 bits per heavy atom. The molecule has 2 rings (SSSR count). The zero-order chi connectivity index (χ0) is 15.1. The van der Waals surface area contributed by atoms with Gasteiger partial charge in [0.15, 0.2) is 0 Å². The topological polar surface area (TPSA) is 84.2 Å². The second-order valence-electron chi connectivity index (χ2n) is 4.65. The van der Waals surface area contributed by atoms with Gasteiger partial charge >= 0.3 is 5.97 Å². The normalized spacial score (nSPS) is 10.3. The number of aromatic nitrogens is 2. The lowest BCUT2D eigenvalue weighted by atomic mass is 10.1. The molecule has 2 N–H and O–H groups in total. The van der Waals surface area contributed by atoms with Gasteiger partial charge in [-0.25, -0.2) is 4.79 Å². The summed E-state index contributed by atoms with van der Waals surface area (Å²) in [5.41, 5.74) is 1.12. The number of aromatic carboxylic acids is 1. The van der Waals surface area contributed by atoms with Crippen molar-refractivity contribution in [3.63, 3.8) is 0 Å². The van der Waals surface area contributed by atoms with Crippen molar-refractivity contribution in [2.24, 2.45) is 0 Å². The van der Waals surface area contributed by atoms with Gasteiger partial charge in [0.05, 0.1) is 5.56 Å². The summed E-state index contributed by atoms with van der Waals surface area (Å²) in [6.07, 6.45) is 4.74. The Kier molecular flexibility index (Phi) is 5.09. The minimum absolute atomic E-state index is 0.0236. The Labute approximate surface area is 122 Å². The first-order valence-electron chi connectivity index (χ1n) is 6.71. The summed E-state index contributed by atoms with van der Waals surface area (Å²) in [6, 6.07) is 8.31. The van der Waals surface area contributed by atoms with Crippen LogP contribution in [0.5, 0.6) is 0 Å². The van der Waals surface area contributed by atoms with E-state index in [1.54, 1.807) is 23.0 Å². The highest BCUT2D eigenvalue weighted by Gasteiger charge is 2.04. The fraction of sp³-hybridized carbons (Fsp3) is 0.267. The molecule has 1 amide bonds. The van der Waals surface area contributed by atoms with E-state index < -0.39 is 5.97 Å². The Hall–Kier alpha value is -2.63. The van der Waals surface area contributed by atoms with Crippen LogP contribution in [0.4, 0.5) is 0 Å². The van der Waals surface area contributed by atoms with E-state index in [1.165, 1.54) is 12.1 Å². The van der Waals surface area contributed by atoms with Gasteiger partial charge in [-0.3, -0.25) is 9.48 Å². The summed E-state index contributed by atoms with van der Waals surface area (Å²) in [4.78, 5) is 22.4. The molecule has 0 bridgehead atoms. The second kappa shape index (κ2) is 7.23. The van der Waals surface area contributed by atoms with Crippen LogP contribution in [-0.2, 0) is 17.9 Å². The van der Waals surface area contributed by atoms with Crippen LogP contribution >= 0.6 is 0 Å². The van der Waals surface area contributed by atoms with Crippen LogP contribution in [0.2, 0.25) is 0 Å². The number of carbonyl (C=O) groups excluding carboxylic acids is 1. The Morgan fingerprint density at radius 3 is 2.62 bits per heavy atom. The molecule has 0 aliphatic heterocycles. The first-order chi connectivity index (χ1) is 10.1.